The Morgan fingerprint density at radius 1 is 0.795 bits per heavy atom. The number of ether oxygens (including phenoxy) is 3. The van der Waals surface area contributed by atoms with Crippen LogP contribution >= 0.6 is 0 Å². The molecule has 3 aromatic carbocycles. The van der Waals surface area contributed by atoms with E-state index < -0.39 is 12.0 Å². The molecule has 0 unspecified atom stereocenters. The van der Waals surface area contributed by atoms with Gasteiger partial charge in [-0.1, -0.05) is 78.9 Å². The highest BCUT2D eigenvalue weighted by molar-refractivity contribution is 5.82. The molecule has 1 atom stereocenters. The molecule has 2 aliphatic rings. The largest absolute Gasteiger partial charge is 0.461 e. The molecule has 5 rings (SSSR count). The lowest BCUT2D eigenvalue weighted by Gasteiger charge is -2.17. The lowest BCUT2D eigenvalue weighted by Crippen LogP contribution is -2.39. The van der Waals surface area contributed by atoms with Crippen LogP contribution in [-0.4, -0.2) is 44.0 Å². The second kappa shape index (κ2) is 12.6. The second-order valence-electron chi connectivity index (χ2n) is 9.82. The Bertz CT molecular complexity index is 1260. The van der Waals surface area contributed by atoms with E-state index in [1.807, 2.05) is 66.7 Å². The molecular formula is C31H32N2O6. The molecule has 0 radical (unpaired) electrons. The van der Waals surface area contributed by atoms with Crippen molar-refractivity contribution in [2.45, 2.75) is 37.9 Å². The predicted octanol–water partition coefficient (Wildman–Crippen LogP) is 4.53. The maximum atomic E-state index is 12.3. The van der Waals surface area contributed by atoms with E-state index in [9.17, 15) is 14.4 Å². The number of rotatable bonds is 12. The Labute approximate surface area is 227 Å². The minimum absolute atomic E-state index is 0.0517. The van der Waals surface area contributed by atoms with Gasteiger partial charge in [0, 0.05) is 5.92 Å². The third-order valence-corrected chi connectivity index (χ3v) is 7.06. The third-order valence-electron chi connectivity index (χ3n) is 7.06. The van der Waals surface area contributed by atoms with E-state index in [4.69, 9.17) is 14.2 Å². The zero-order valence-electron chi connectivity index (χ0n) is 21.6. The summed E-state index contributed by atoms with van der Waals surface area (Å²) < 4.78 is 16.6. The Morgan fingerprint density at radius 3 is 2.10 bits per heavy atom. The molecule has 1 fully saturated rings. The van der Waals surface area contributed by atoms with Gasteiger partial charge in [-0.25, -0.2) is 4.79 Å². The average Bonchev–Trinajstić information content (AvgIpc) is 3.77. The van der Waals surface area contributed by atoms with Crippen LogP contribution in [0.4, 0.5) is 4.79 Å². The van der Waals surface area contributed by atoms with Crippen LogP contribution in [0.25, 0.3) is 11.1 Å². The van der Waals surface area contributed by atoms with Crippen LogP contribution in [0.3, 0.4) is 0 Å². The highest BCUT2D eigenvalue weighted by Gasteiger charge is 2.34. The molecule has 202 valence electrons. The van der Waals surface area contributed by atoms with Crippen molar-refractivity contribution in [2.24, 2.45) is 5.92 Å². The van der Waals surface area contributed by atoms with Gasteiger partial charge in [0.15, 0.2) is 0 Å². The number of hydrogen-bond acceptors (Lipinski definition) is 6. The van der Waals surface area contributed by atoms with Gasteiger partial charge in [-0.15, -0.1) is 0 Å². The SMILES string of the molecule is O=C(CNC(=O)OCC1c2ccccc2-c2ccccc21)NCO[C@@H](CC(=O)OCc1ccccc1)C1CC1. The summed E-state index contributed by atoms with van der Waals surface area (Å²) in [5.41, 5.74) is 5.46. The van der Waals surface area contributed by atoms with Crippen molar-refractivity contribution in [3.05, 3.63) is 95.6 Å². The zero-order valence-corrected chi connectivity index (χ0v) is 21.6. The van der Waals surface area contributed by atoms with Crippen LogP contribution in [0.1, 0.15) is 41.9 Å². The molecule has 2 aliphatic carbocycles. The topological polar surface area (TPSA) is 103 Å². The molecule has 0 aliphatic heterocycles. The Balaban J connectivity index is 1.00. The number of fused-ring (bicyclic) bond motifs is 3. The molecular weight excluding hydrogens is 496 g/mol. The Kier molecular flexibility index (Phi) is 8.53. The first-order valence-electron chi connectivity index (χ1n) is 13.2. The molecule has 39 heavy (non-hydrogen) atoms. The van der Waals surface area contributed by atoms with Crippen LogP contribution < -0.4 is 10.6 Å². The zero-order chi connectivity index (χ0) is 27.0. The predicted molar refractivity (Wildman–Crippen MR) is 145 cm³/mol. The number of amides is 2. The van der Waals surface area contributed by atoms with Crippen LogP contribution in [-0.2, 0) is 30.4 Å². The highest BCUT2D eigenvalue weighted by Crippen LogP contribution is 2.44. The first kappa shape index (κ1) is 26.4. The Hall–Kier alpha value is -4.17. The second-order valence-corrected chi connectivity index (χ2v) is 9.82. The van der Waals surface area contributed by atoms with Crippen LogP contribution in [0.15, 0.2) is 78.9 Å². The molecule has 0 bridgehead atoms. The fourth-order valence-corrected chi connectivity index (χ4v) is 4.88. The van der Waals surface area contributed by atoms with Crippen LogP contribution in [0, 0.1) is 5.92 Å². The minimum atomic E-state index is -0.662. The summed E-state index contributed by atoms with van der Waals surface area (Å²) in [6, 6.07) is 25.7. The van der Waals surface area contributed by atoms with Gasteiger partial charge >= 0.3 is 12.1 Å². The fraction of sp³-hybridized carbons (Fsp3) is 0.323. The summed E-state index contributed by atoms with van der Waals surface area (Å²) in [5.74, 6) is -0.516. The van der Waals surface area contributed by atoms with E-state index in [1.165, 1.54) is 0 Å². The molecule has 0 spiro atoms. The summed E-state index contributed by atoms with van der Waals surface area (Å²) in [6.45, 7) is 0.0922. The average molecular weight is 529 g/mol. The van der Waals surface area contributed by atoms with Gasteiger partial charge in [0.1, 0.15) is 26.5 Å². The van der Waals surface area contributed by atoms with Crippen LogP contribution in [0.2, 0.25) is 0 Å². The van der Waals surface area contributed by atoms with Crippen molar-refractivity contribution in [3.63, 3.8) is 0 Å². The number of carbonyl (C=O) groups excluding carboxylic acids is 3. The Morgan fingerprint density at radius 2 is 1.44 bits per heavy atom. The third kappa shape index (κ3) is 7.03. The lowest BCUT2D eigenvalue weighted by atomic mass is 9.98. The van der Waals surface area contributed by atoms with Gasteiger partial charge in [-0.05, 0) is 46.6 Å². The number of hydrogen-bond donors (Lipinski definition) is 2. The molecule has 3 aromatic rings. The van der Waals surface area contributed by atoms with Gasteiger partial charge in [0.25, 0.3) is 0 Å². The van der Waals surface area contributed by atoms with Crippen molar-refractivity contribution in [3.8, 4) is 11.1 Å². The van der Waals surface area contributed by atoms with E-state index in [0.717, 1.165) is 40.7 Å². The van der Waals surface area contributed by atoms with E-state index >= 15 is 0 Å². The molecule has 0 aromatic heterocycles. The molecule has 0 saturated heterocycles. The van der Waals surface area contributed by atoms with Crippen molar-refractivity contribution in [1.29, 1.82) is 0 Å². The van der Waals surface area contributed by atoms with Crippen LogP contribution in [0.5, 0.6) is 0 Å². The fourth-order valence-electron chi connectivity index (χ4n) is 4.88. The summed E-state index contributed by atoms with van der Waals surface area (Å²) in [7, 11) is 0. The summed E-state index contributed by atoms with van der Waals surface area (Å²) >= 11 is 0. The first-order valence-corrected chi connectivity index (χ1v) is 13.2. The van der Waals surface area contributed by atoms with Gasteiger partial charge in [-0.3, -0.25) is 9.59 Å². The highest BCUT2D eigenvalue weighted by atomic mass is 16.6. The van der Waals surface area contributed by atoms with Crippen molar-refractivity contribution >= 4 is 18.0 Å². The van der Waals surface area contributed by atoms with E-state index in [1.54, 1.807) is 0 Å². The molecule has 0 heterocycles. The quantitative estimate of drug-likeness (QED) is 0.265. The standard InChI is InChI=1S/C31H32N2O6/c34-29(33-20-39-28(22-14-15-22)16-30(35)37-18-21-8-2-1-3-9-21)17-32-31(36)38-19-27-25-12-6-4-10-23(25)24-11-5-7-13-26(24)27/h1-13,22,27-28H,14-20H2,(H,32,36)(H,33,34)/t28-/m0/s1. The lowest BCUT2D eigenvalue weighted by molar-refractivity contribution is -0.149. The smallest absolute Gasteiger partial charge is 0.407 e. The minimum Gasteiger partial charge on any atom is -0.461 e. The maximum absolute atomic E-state index is 12.3. The normalized spacial score (nSPS) is 14.6. The van der Waals surface area contributed by atoms with Gasteiger partial charge in [0.05, 0.1) is 12.5 Å². The van der Waals surface area contributed by atoms with Crippen molar-refractivity contribution in [1.82, 2.24) is 10.6 Å². The molecule has 8 nitrogen and oxygen atoms in total. The van der Waals surface area contributed by atoms with E-state index in [0.29, 0.717) is 0 Å². The number of carbonyl (C=O) groups is 3. The number of nitrogens with one attached hydrogen (secondary N) is 2. The van der Waals surface area contributed by atoms with Gasteiger partial charge < -0.3 is 24.8 Å². The molecule has 1 saturated carbocycles. The molecule has 2 amide bonds. The monoisotopic (exact) mass is 528 g/mol. The van der Waals surface area contributed by atoms with Gasteiger partial charge in [0.2, 0.25) is 5.91 Å². The summed E-state index contributed by atoms with van der Waals surface area (Å²) in [5, 5.41) is 5.11. The number of esters is 1. The van der Waals surface area contributed by atoms with E-state index in [2.05, 4.69) is 22.8 Å². The summed E-state index contributed by atoms with van der Waals surface area (Å²) in [4.78, 5) is 36.8. The maximum Gasteiger partial charge on any atom is 0.407 e. The van der Waals surface area contributed by atoms with Gasteiger partial charge in [-0.2, -0.15) is 0 Å². The molecule has 8 heteroatoms. The summed E-state index contributed by atoms with van der Waals surface area (Å²) in [6.07, 6.45) is 1.11. The molecule has 2 N–H and O–H groups in total. The number of benzene rings is 3. The first-order chi connectivity index (χ1) is 19.1. The number of alkyl carbamates (subject to hydrolysis) is 1. The van der Waals surface area contributed by atoms with Crippen molar-refractivity contribution < 1.29 is 28.6 Å². The van der Waals surface area contributed by atoms with E-state index in [-0.39, 0.29) is 56.8 Å². The van der Waals surface area contributed by atoms with Crippen molar-refractivity contribution in [2.75, 3.05) is 19.9 Å².